The molecule has 0 saturated carbocycles. The minimum atomic E-state index is -4.18. The SMILES string of the molecule is CCc1ccccc1N(CC(=O)N(Cc1c(Cl)cccc1Cl)C(Cc1ccccc1)C(=O)NC)S(=O)(=O)c1ccccc1. The predicted molar refractivity (Wildman–Crippen MR) is 172 cm³/mol. The molecule has 0 radical (unpaired) electrons. The number of nitrogens with zero attached hydrogens (tertiary/aromatic N) is 2. The van der Waals surface area contributed by atoms with E-state index in [1.807, 2.05) is 49.4 Å². The summed E-state index contributed by atoms with van der Waals surface area (Å²) in [5.74, 6) is -1.00. The molecule has 1 N–H and O–H groups in total. The number of carbonyl (C=O) groups is 2. The number of carbonyl (C=O) groups excluding carboxylic acids is 2. The number of amides is 2. The lowest BCUT2D eigenvalue weighted by atomic mass is 10.0. The van der Waals surface area contributed by atoms with Crippen molar-refractivity contribution < 1.29 is 18.0 Å². The first kappa shape index (κ1) is 32.1. The van der Waals surface area contributed by atoms with Crippen LogP contribution in [0.2, 0.25) is 10.0 Å². The van der Waals surface area contributed by atoms with Gasteiger partial charge in [-0.25, -0.2) is 8.42 Å². The minimum absolute atomic E-state index is 0.0431. The van der Waals surface area contributed by atoms with Gasteiger partial charge in [0, 0.05) is 35.6 Å². The second kappa shape index (κ2) is 14.6. The Balaban J connectivity index is 1.84. The number of para-hydroxylation sites is 1. The number of hydrogen-bond donors (Lipinski definition) is 1. The Morgan fingerprint density at radius 3 is 2.00 bits per heavy atom. The third kappa shape index (κ3) is 7.57. The molecule has 0 aliphatic carbocycles. The maximum Gasteiger partial charge on any atom is 0.264 e. The monoisotopic (exact) mass is 637 g/mol. The van der Waals surface area contributed by atoms with E-state index >= 15 is 0 Å². The molecule has 4 rings (SSSR count). The van der Waals surface area contributed by atoms with Gasteiger partial charge in [-0.05, 0) is 47.9 Å². The van der Waals surface area contributed by atoms with Crippen molar-refractivity contribution in [1.29, 1.82) is 0 Å². The standard InChI is InChI=1S/C33H33Cl2N3O4S/c1-3-25-15-10-11-20-30(25)38(43(41,42)26-16-8-5-9-17-26)23-32(39)37(22-27-28(34)18-12-19-29(27)35)31(33(40)36-2)21-24-13-6-4-7-14-24/h4-20,31H,3,21-23H2,1-2H3,(H,36,40). The van der Waals surface area contributed by atoms with Gasteiger partial charge < -0.3 is 10.2 Å². The highest BCUT2D eigenvalue weighted by Gasteiger charge is 2.35. The van der Waals surface area contributed by atoms with Crippen LogP contribution in [0, 0.1) is 0 Å². The Morgan fingerprint density at radius 1 is 0.814 bits per heavy atom. The van der Waals surface area contributed by atoms with Crippen molar-refractivity contribution in [2.75, 3.05) is 17.9 Å². The molecule has 0 fully saturated rings. The van der Waals surface area contributed by atoms with E-state index < -0.39 is 34.4 Å². The Bertz CT molecular complexity index is 1650. The number of hydrogen-bond acceptors (Lipinski definition) is 4. The quantitative estimate of drug-likeness (QED) is 0.202. The molecule has 224 valence electrons. The summed E-state index contributed by atoms with van der Waals surface area (Å²) in [7, 11) is -2.69. The van der Waals surface area contributed by atoms with E-state index in [0.29, 0.717) is 27.7 Å². The van der Waals surface area contributed by atoms with Crippen LogP contribution in [0.1, 0.15) is 23.6 Å². The van der Waals surface area contributed by atoms with Gasteiger partial charge in [-0.2, -0.15) is 0 Å². The molecule has 2 amide bonds. The molecule has 7 nitrogen and oxygen atoms in total. The molecular weight excluding hydrogens is 605 g/mol. The van der Waals surface area contributed by atoms with Gasteiger partial charge >= 0.3 is 0 Å². The Kier molecular flexibility index (Phi) is 10.9. The number of halogens is 2. The first-order valence-electron chi connectivity index (χ1n) is 13.8. The third-order valence-electron chi connectivity index (χ3n) is 7.16. The Labute approximate surface area is 263 Å². The van der Waals surface area contributed by atoms with E-state index in [-0.39, 0.29) is 17.9 Å². The zero-order valence-corrected chi connectivity index (χ0v) is 26.2. The number of benzene rings is 4. The fourth-order valence-electron chi connectivity index (χ4n) is 4.86. The number of aryl methyl sites for hydroxylation is 1. The summed E-state index contributed by atoms with van der Waals surface area (Å²) in [5, 5.41) is 3.31. The smallest absolute Gasteiger partial charge is 0.264 e. The lowest BCUT2D eigenvalue weighted by Crippen LogP contribution is -2.53. The van der Waals surface area contributed by atoms with Gasteiger partial charge in [0.1, 0.15) is 12.6 Å². The summed E-state index contributed by atoms with van der Waals surface area (Å²) in [4.78, 5) is 29.2. The van der Waals surface area contributed by atoms with Gasteiger partial charge in [0.2, 0.25) is 11.8 Å². The maximum absolute atomic E-state index is 14.4. The largest absolute Gasteiger partial charge is 0.357 e. The topological polar surface area (TPSA) is 86.8 Å². The summed E-state index contributed by atoms with van der Waals surface area (Å²) < 4.78 is 29.3. The predicted octanol–water partition coefficient (Wildman–Crippen LogP) is 6.14. The summed E-state index contributed by atoms with van der Waals surface area (Å²) in [5.41, 5.74) is 2.41. The highest BCUT2D eigenvalue weighted by Crippen LogP contribution is 2.30. The van der Waals surface area contributed by atoms with E-state index in [4.69, 9.17) is 23.2 Å². The minimum Gasteiger partial charge on any atom is -0.357 e. The van der Waals surface area contributed by atoms with Crippen molar-refractivity contribution >= 4 is 50.7 Å². The van der Waals surface area contributed by atoms with Crippen molar-refractivity contribution in [2.45, 2.75) is 37.2 Å². The van der Waals surface area contributed by atoms with Crippen molar-refractivity contribution in [3.05, 3.63) is 130 Å². The molecule has 0 heterocycles. The van der Waals surface area contributed by atoms with Crippen LogP contribution in [0.5, 0.6) is 0 Å². The van der Waals surface area contributed by atoms with Crippen LogP contribution in [0.25, 0.3) is 0 Å². The van der Waals surface area contributed by atoms with Crippen LogP contribution in [0.3, 0.4) is 0 Å². The second-order valence-corrected chi connectivity index (χ2v) is 12.5. The molecule has 1 atom stereocenters. The molecule has 0 bridgehead atoms. The third-order valence-corrected chi connectivity index (χ3v) is 9.64. The van der Waals surface area contributed by atoms with Gasteiger partial charge in [0.15, 0.2) is 0 Å². The van der Waals surface area contributed by atoms with Gasteiger partial charge in [-0.1, -0.05) is 103 Å². The first-order chi connectivity index (χ1) is 20.7. The fraction of sp³-hybridized carbons (Fsp3) is 0.212. The molecule has 1 unspecified atom stereocenters. The summed E-state index contributed by atoms with van der Waals surface area (Å²) in [6.45, 7) is 1.25. The summed E-state index contributed by atoms with van der Waals surface area (Å²) >= 11 is 13.0. The van der Waals surface area contributed by atoms with Crippen LogP contribution < -0.4 is 9.62 Å². The Morgan fingerprint density at radius 2 is 1.40 bits per heavy atom. The molecule has 0 aliphatic rings. The molecule has 10 heteroatoms. The maximum atomic E-state index is 14.4. The van der Waals surface area contributed by atoms with E-state index in [1.54, 1.807) is 48.5 Å². The van der Waals surface area contributed by atoms with Crippen LogP contribution in [0.15, 0.2) is 108 Å². The van der Waals surface area contributed by atoms with Crippen molar-refractivity contribution in [3.8, 4) is 0 Å². The van der Waals surface area contributed by atoms with Crippen molar-refractivity contribution in [1.82, 2.24) is 10.2 Å². The fourth-order valence-corrected chi connectivity index (χ4v) is 6.85. The van der Waals surface area contributed by atoms with Gasteiger partial charge in [0.05, 0.1) is 10.6 Å². The number of nitrogens with one attached hydrogen (secondary N) is 1. The average molecular weight is 639 g/mol. The zero-order valence-electron chi connectivity index (χ0n) is 23.9. The second-order valence-electron chi connectivity index (χ2n) is 9.85. The number of sulfonamides is 1. The molecule has 43 heavy (non-hydrogen) atoms. The number of likely N-dealkylation sites (N-methyl/N-ethyl adjacent to an activating group) is 1. The molecule has 0 aliphatic heterocycles. The van der Waals surface area contributed by atoms with E-state index in [9.17, 15) is 18.0 Å². The summed E-state index contributed by atoms with van der Waals surface area (Å²) in [6.07, 6.45) is 0.726. The molecule has 0 aromatic heterocycles. The molecule has 4 aromatic rings. The number of rotatable bonds is 12. The van der Waals surface area contributed by atoms with Crippen LogP contribution >= 0.6 is 23.2 Å². The normalized spacial score (nSPS) is 11.9. The van der Waals surface area contributed by atoms with E-state index in [2.05, 4.69) is 5.32 Å². The van der Waals surface area contributed by atoms with Gasteiger partial charge in [0.25, 0.3) is 10.0 Å². The highest BCUT2D eigenvalue weighted by atomic mass is 35.5. The van der Waals surface area contributed by atoms with Crippen LogP contribution in [0.4, 0.5) is 5.69 Å². The zero-order chi connectivity index (χ0) is 31.0. The van der Waals surface area contributed by atoms with Crippen molar-refractivity contribution in [2.24, 2.45) is 0 Å². The van der Waals surface area contributed by atoms with Gasteiger partial charge in [-0.15, -0.1) is 0 Å². The highest BCUT2D eigenvalue weighted by molar-refractivity contribution is 7.92. The van der Waals surface area contributed by atoms with Gasteiger partial charge in [-0.3, -0.25) is 13.9 Å². The van der Waals surface area contributed by atoms with E-state index in [1.165, 1.54) is 24.1 Å². The number of anilines is 1. The average Bonchev–Trinajstić information content (AvgIpc) is 3.03. The van der Waals surface area contributed by atoms with Crippen LogP contribution in [-0.4, -0.2) is 44.8 Å². The van der Waals surface area contributed by atoms with E-state index in [0.717, 1.165) is 15.4 Å². The molecule has 4 aromatic carbocycles. The Hall–Kier alpha value is -3.85. The van der Waals surface area contributed by atoms with Crippen LogP contribution in [-0.2, 0) is 39.0 Å². The molecule has 0 spiro atoms. The molecular formula is C33H33Cl2N3O4S. The summed E-state index contributed by atoms with van der Waals surface area (Å²) in [6, 6.07) is 28.3. The van der Waals surface area contributed by atoms with Crippen molar-refractivity contribution in [3.63, 3.8) is 0 Å². The first-order valence-corrected chi connectivity index (χ1v) is 16.0. The lowest BCUT2D eigenvalue weighted by Gasteiger charge is -2.34. The lowest BCUT2D eigenvalue weighted by molar-refractivity contribution is -0.139. The molecule has 0 saturated heterocycles.